The van der Waals surface area contributed by atoms with Crippen molar-refractivity contribution in [3.63, 3.8) is 0 Å². The molecule has 1 saturated heterocycles. The van der Waals surface area contributed by atoms with Crippen molar-refractivity contribution in [2.24, 2.45) is 0 Å². The fourth-order valence-electron chi connectivity index (χ4n) is 5.58. The normalized spacial score (nSPS) is 23.3. The number of ether oxygens (including phenoxy) is 1. The van der Waals surface area contributed by atoms with Crippen LogP contribution in [0.5, 0.6) is 0 Å². The maximum absolute atomic E-state index is 12.8. The van der Waals surface area contributed by atoms with Gasteiger partial charge in [-0.2, -0.15) is 4.98 Å². The average Bonchev–Trinajstić information content (AvgIpc) is 3.35. The molecule has 3 atom stereocenters. The minimum atomic E-state index is -0.426. The number of methoxy groups -OCH3 is 1. The standard InChI is InChI=1S/C26H35N7O4/c1-37-26(36)29-21-6-5-20(16-21)28-19-4-2-18-15-22(7-3-17(18)14-19)33-11-8-23(31-25(33)35)30-24(34)32-12-9-27-10-13-32/h3,7-8,11,15,19-21,27-28H,2,4-6,9-10,12-14,16H2,1H3,(H,29,36)(H,30,31,34,35)/t19?,20-,21-/m0/s1. The highest BCUT2D eigenvalue weighted by atomic mass is 16.5. The Kier molecular flexibility index (Phi) is 7.71. The number of nitrogens with one attached hydrogen (secondary N) is 4. The fraction of sp³-hybridized carbons (Fsp3) is 0.538. The van der Waals surface area contributed by atoms with Crippen LogP contribution in [-0.2, 0) is 17.6 Å². The predicted molar refractivity (Wildman–Crippen MR) is 139 cm³/mol. The molecule has 0 radical (unpaired) electrons. The smallest absolute Gasteiger partial charge is 0.407 e. The van der Waals surface area contributed by atoms with Crippen LogP contribution in [0.2, 0.25) is 0 Å². The van der Waals surface area contributed by atoms with Crippen LogP contribution in [0, 0.1) is 0 Å². The van der Waals surface area contributed by atoms with Crippen LogP contribution in [0.25, 0.3) is 5.69 Å². The van der Waals surface area contributed by atoms with E-state index in [2.05, 4.69) is 38.4 Å². The van der Waals surface area contributed by atoms with E-state index >= 15 is 0 Å². The topological polar surface area (TPSA) is 130 Å². The van der Waals surface area contributed by atoms with Gasteiger partial charge in [0.05, 0.1) is 12.8 Å². The lowest BCUT2D eigenvalue weighted by Crippen LogP contribution is -2.48. The lowest BCUT2D eigenvalue weighted by molar-refractivity contribution is 0.166. The van der Waals surface area contributed by atoms with Crippen molar-refractivity contribution >= 4 is 17.9 Å². The van der Waals surface area contributed by atoms with Crippen molar-refractivity contribution < 1.29 is 14.3 Å². The number of benzene rings is 1. The molecule has 1 saturated carbocycles. The van der Waals surface area contributed by atoms with Gasteiger partial charge in [0.25, 0.3) is 0 Å². The van der Waals surface area contributed by atoms with Gasteiger partial charge in [-0.05, 0) is 67.9 Å². The lowest BCUT2D eigenvalue weighted by atomic mass is 9.87. The van der Waals surface area contributed by atoms with Gasteiger partial charge >= 0.3 is 17.8 Å². The minimum Gasteiger partial charge on any atom is -0.453 e. The lowest BCUT2D eigenvalue weighted by Gasteiger charge is -2.29. The number of nitrogens with zero attached hydrogens (tertiary/aromatic N) is 3. The van der Waals surface area contributed by atoms with Crippen LogP contribution >= 0.6 is 0 Å². The molecular formula is C26H35N7O4. The van der Waals surface area contributed by atoms with Gasteiger partial charge in [0, 0.05) is 50.5 Å². The highest BCUT2D eigenvalue weighted by Crippen LogP contribution is 2.26. The van der Waals surface area contributed by atoms with Crippen LogP contribution < -0.4 is 27.0 Å². The van der Waals surface area contributed by atoms with Crippen LogP contribution in [0.4, 0.5) is 15.4 Å². The van der Waals surface area contributed by atoms with E-state index in [4.69, 9.17) is 4.74 Å². The van der Waals surface area contributed by atoms with Gasteiger partial charge in [-0.15, -0.1) is 0 Å². The first-order valence-electron chi connectivity index (χ1n) is 13.1. The quantitative estimate of drug-likeness (QED) is 0.479. The Morgan fingerprint density at radius 1 is 1.05 bits per heavy atom. The Balaban J connectivity index is 1.18. The summed E-state index contributed by atoms with van der Waals surface area (Å²) < 4.78 is 6.23. The number of alkyl carbamates (subject to hydrolysis) is 1. The largest absolute Gasteiger partial charge is 0.453 e. The molecular weight excluding hydrogens is 474 g/mol. The fourth-order valence-corrected chi connectivity index (χ4v) is 5.58. The number of urea groups is 1. The van der Waals surface area contributed by atoms with Crippen molar-refractivity contribution in [3.8, 4) is 5.69 Å². The van der Waals surface area contributed by atoms with Gasteiger partial charge < -0.3 is 25.6 Å². The summed E-state index contributed by atoms with van der Waals surface area (Å²) in [4.78, 5) is 42.4. The Morgan fingerprint density at radius 3 is 2.65 bits per heavy atom. The molecule has 2 fully saturated rings. The molecule has 37 heavy (non-hydrogen) atoms. The first-order valence-corrected chi connectivity index (χ1v) is 13.1. The van der Waals surface area contributed by atoms with E-state index in [1.807, 2.05) is 6.07 Å². The van der Waals surface area contributed by atoms with E-state index in [9.17, 15) is 14.4 Å². The van der Waals surface area contributed by atoms with Crippen molar-refractivity contribution in [1.82, 2.24) is 30.4 Å². The summed E-state index contributed by atoms with van der Waals surface area (Å²) in [6.07, 6.45) is 7.10. The molecule has 11 heteroatoms. The molecule has 1 aromatic heterocycles. The van der Waals surface area contributed by atoms with Crippen molar-refractivity contribution in [3.05, 3.63) is 52.1 Å². The third-order valence-electron chi connectivity index (χ3n) is 7.55. The summed E-state index contributed by atoms with van der Waals surface area (Å²) in [5.74, 6) is 0.257. The molecule has 198 valence electrons. The molecule has 11 nitrogen and oxygen atoms in total. The molecule has 2 aliphatic carbocycles. The molecule has 2 aromatic rings. The number of fused-ring (bicyclic) bond motifs is 1. The number of hydrogen-bond donors (Lipinski definition) is 4. The third-order valence-corrected chi connectivity index (χ3v) is 7.55. The predicted octanol–water partition coefficient (Wildman–Crippen LogP) is 1.39. The average molecular weight is 510 g/mol. The van der Waals surface area contributed by atoms with Crippen LogP contribution in [-0.4, -0.2) is 78.0 Å². The van der Waals surface area contributed by atoms with Crippen LogP contribution in [0.3, 0.4) is 0 Å². The van der Waals surface area contributed by atoms with Gasteiger partial charge in [0.15, 0.2) is 0 Å². The van der Waals surface area contributed by atoms with Crippen molar-refractivity contribution in [1.29, 1.82) is 0 Å². The maximum atomic E-state index is 12.8. The van der Waals surface area contributed by atoms with Crippen molar-refractivity contribution in [2.75, 3.05) is 38.6 Å². The van der Waals surface area contributed by atoms with E-state index in [1.165, 1.54) is 22.8 Å². The molecule has 3 aliphatic rings. The van der Waals surface area contributed by atoms with E-state index < -0.39 is 5.69 Å². The number of anilines is 1. The zero-order valence-corrected chi connectivity index (χ0v) is 21.2. The summed E-state index contributed by atoms with van der Waals surface area (Å²) in [6, 6.07) is 8.49. The zero-order chi connectivity index (χ0) is 25.8. The summed E-state index contributed by atoms with van der Waals surface area (Å²) in [6.45, 7) is 2.77. The maximum Gasteiger partial charge on any atom is 0.407 e. The minimum absolute atomic E-state index is 0.164. The molecule has 1 unspecified atom stereocenters. The summed E-state index contributed by atoms with van der Waals surface area (Å²) in [5, 5.41) is 12.6. The Morgan fingerprint density at radius 2 is 1.86 bits per heavy atom. The Bertz CT molecular complexity index is 1190. The van der Waals surface area contributed by atoms with Gasteiger partial charge in [0.2, 0.25) is 0 Å². The zero-order valence-electron chi connectivity index (χ0n) is 21.2. The highest BCUT2D eigenvalue weighted by Gasteiger charge is 2.29. The highest BCUT2D eigenvalue weighted by molar-refractivity contribution is 5.88. The number of carbonyl (C=O) groups excluding carboxylic acids is 2. The molecule has 1 aliphatic heterocycles. The second kappa shape index (κ2) is 11.3. The SMILES string of the molecule is COC(=O)N[C@H]1CC[C@H](NC2CCc3cc(-n4ccc(NC(=O)N5CCNCC5)nc4=O)ccc3C2)C1. The van der Waals surface area contributed by atoms with Crippen LogP contribution in [0.15, 0.2) is 35.3 Å². The third kappa shape index (κ3) is 6.11. The first-order chi connectivity index (χ1) is 18.0. The number of aromatic nitrogens is 2. The van der Waals surface area contributed by atoms with E-state index in [1.54, 1.807) is 17.2 Å². The molecule has 1 aromatic carbocycles. The van der Waals surface area contributed by atoms with Crippen LogP contribution in [0.1, 0.15) is 36.8 Å². The summed E-state index contributed by atoms with van der Waals surface area (Å²) >= 11 is 0. The number of carbonyl (C=O) groups is 2. The van der Waals surface area contributed by atoms with Gasteiger partial charge in [0.1, 0.15) is 5.82 Å². The summed E-state index contributed by atoms with van der Waals surface area (Å²) in [7, 11) is 1.39. The Labute approximate surface area is 216 Å². The van der Waals surface area contributed by atoms with Crippen molar-refractivity contribution in [2.45, 2.75) is 56.7 Å². The van der Waals surface area contributed by atoms with Gasteiger partial charge in [-0.25, -0.2) is 14.4 Å². The summed E-state index contributed by atoms with van der Waals surface area (Å²) in [5.41, 5.74) is 2.88. The molecule has 2 heterocycles. The number of amides is 3. The second-order valence-electron chi connectivity index (χ2n) is 10.0. The van der Waals surface area contributed by atoms with E-state index in [0.29, 0.717) is 25.2 Å². The second-order valence-corrected chi connectivity index (χ2v) is 10.0. The first kappa shape index (κ1) is 25.2. The molecule has 3 amide bonds. The molecule has 4 N–H and O–H groups in total. The van der Waals surface area contributed by atoms with Gasteiger partial charge in [-0.1, -0.05) is 6.07 Å². The number of piperazine rings is 1. The van der Waals surface area contributed by atoms with E-state index in [0.717, 1.165) is 57.3 Å². The molecule has 0 bridgehead atoms. The molecule has 0 spiro atoms. The Hall–Kier alpha value is -3.44. The number of hydrogen-bond acceptors (Lipinski definition) is 7. The monoisotopic (exact) mass is 509 g/mol. The van der Waals surface area contributed by atoms with Gasteiger partial charge in [-0.3, -0.25) is 9.88 Å². The molecule has 5 rings (SSSR count). The number of aryl methyl sites for hydroxylation is 1. The number of rotatable bonds is 5. The van der Waals surface area contributed by atoms with E-state index in [-0.39, 0.29) is 24.0 Å².